The number of hydrogen-bond acceptors (Lipinski definition) is 2. The van der Waals surface area contributed by atoms with Crippen LogP contribution in [0.25, 0.3) is 0 Å². The molecule has 2 rings (SSSR count). The SMILES string of the molecule is CCc1ccc(C(N)Cc2cc(F)ccc2F)s1. The molecule has 0 saturated carbocycles. The highest BCUT2D eigenvalue weighted by atomic mass is 32.1. The van der Waals surface area contributed by atoms with Crippen LogP contribution in [0.2, 0.25) is 0 Å². The van der Waals surface area contributed by atoms with E-state index in [1.165, 1.54) is 10.9 Å². The highest BCUT2D eigenvalue weighted by molar-refractivity contribution is 7.12. The molecular weight excluding hydrogens is 252 g/mol. The van der Waals surface area contributed by atoms with Crippen LogP contribution < -0.4 is 5.73 Å². The van der Waals surface area contributed by atoms with Gasteiger partial charge in [-0.1, -0.05) is 6.92 Å². The molecule has 0 amide bonds. The minimum absolute atomic E-state index is 0.286. The number of nitrogens with two attached hydrogens (primary N) is 1. The van der Waals surface area contributed by atoms with Crippen LogP contribution in [0.5, 0.6) is 0 Å². The summed E-state index contributed by atoms with van der Waals surface area (Å²) in [5.74, 6) is -0.835. The summed E-state index contributed by atoms with van der Waals surface area (Å²) in [4.78, 5) is 2.26. The van der Waals surface area contributed by atoms with E-state index in [0.29, 0.717) is 12.0 Å². The van der Waals surface area contributed by atoms with Crippen molar-refractivity contribution in [3.63, 3.8) is 0 Å². The Morgan fingerprint density at radius 1 is 1.22 bits per heavy atom. The summed E-state index contributed by atoms with van der Waals surface area (Å²) in [7, 11) is 0. The fourth-order valence-electron chi connectivity index (χ4n) is 1.82. The quantitative estimate of drug-likeness (QED) is 0.895. The van der Waals surface area contributed by atoms with Crippen molar-refractivity contribution in [3.8, 4) is 0 Å². The van der Waals surface area contributed by atoms with E-state index in [1.807, 2.05) is 12.1 Å². The van der Waals surface area contributed by atoms with Gasteiger partial charge in [-0.25, -0.2) is 8.78 Å². The molecule has 0 aliphatic carbocycles. The van der Waals surface area contributed by atoms with E-state index in [1.54, 1.807) is 11.3 Å². The Labute approximate surface area is 109 Å². The number of aryl methyl sites for hydroxylation is 1. The third-order valence-corrected chi connectivity index (χ3v) is 4.21. The molecule has 1 aromatic carbocycles. The lowest BCUT2D eigenvalue weighted by Crippen LogP contribution is -2.12. The maximum atomic E-state index is 13.5. The van der Waals surface area contributed by atoms with Crippen molar-refractivity contribution >= 4 is 11.3 Å². The summed E-state index contributed by atoms with van der Waals surface area (Å²) in [5, 5.41) is 0. The van der Waals surface area contributed by atoms with E-state index in [4.69, 9.17) is 5.73 Å². The third kappa shape index (κ3) is 2.94. The molecule has 0 bridgehead atoms. The maximum absolute atomic E-state index is 13.5. The molecule has 2 aromatic rings. The molecule has 1 nitrogen and oxygen atoms in total. The van der Waals surface area contributed by atoms with Gasteiger partial charge in [0, 0.05) is 15.8 Å². The highest BCUT2D eigenvalue weighted by Crippen LogP contribution is 2.25. The first kappa shape index (κ1) is 13.2. The first-order valence-corrected chi connectivity index (χ1v) is 6.70. The van der Waals surface area contributed by atoms with E-state index in [2.05, 4.69) is 6.92 Å². The average Bonchev–Trinajstić information content (AvgIpc) is 2.82. The predicted molar refractivity (Wildman–Crippen MR) is 70.7 cm³/mol. The Kier molecular flexibility index (Phi) is 4.09. The van der Waals surface area contributed by atoms with Crippen molar-refractivity contribution < 1.29 is 8.78 Å². The second-order valence-electron chi connectivity index (χ2n) is 4.20. The van der Waals surface area contributed by atoms with Crippen LogP contribution in [-0.4, -0.2) is 0 Å². The lowest BCUT2D eigenvalue weighted by Gasteiger charge is -2.10. The monoisotopic (exact) mass is 267 g/mol. The van der Waals surface area contributed by atoms with Crippen molar-refractivity contribution in [3.05, 3.63) is 57.3 Å². The summed E-state index contributed by atoms with van der Waals surface area (Å²) < 4.78 is 26.6. The summed E-state index contributed by atoms with van der Waals surface area (Å²) >= 11 is 1.63. The van der Waals surface area contributed by atoms with Gasteiger partial charge in [-0.05, 0) is 48.7 Å². The molecule has 18 heavy (non-hydrogen) atoms. The third-order valence-electron chi connectivity index (χ3n) is 2.84. The molecule has 0 radical (unpaired) electrons. The van der Waals surface area contributed by atoms with Crippen molar-refractivity contribution in [1.29, 1.82) is 0 Å². The minimum atomic E-state index is -0.431. The van der Waals surface area contributed by atoms with E-state index in [0.717, 1.165) is 23.4 Å². The van der Waals surface area contributed by atoms with E-state index in [9.17, 15) is 8.78 Å². The Morgan fingerprint density at radius 2 is 2.00 bits per heavy atom. The zero-order chi connectivity index (χ0) is 13.1. The zero-order valence-corrected chi connectivity index (χ0v) is 10.9. The smallest absolute Gasteiger partial charge is 0.126 e. The van der Waals surface area contributed by atoms with E-state index >= 15 is 0 Å². The van der Waals surface area contributed by atoms with Crippen molar-refractivity contribution in [1.82, 2.24) is 0 Å². The van der Waals surface area contributed by atoms with Crippen LogP contribution in [0.1, 0.15) is 28.3 Å². The molecule has 0 saturated heterocycles. The van der Waals surface area contributed by atoms with Crippen LogP contribution in [0.3, 0.4) is 0 Å². The lowest BCUT2D eigenvalue weighted by atomic mass is 10.0. The van der Waals surface area contributed by atoms with Crippen LogP contribution in [0.4, 0.5) is 8.78 Å². The van der Waals surface area contributed by atoms with Crippen molar-refractivity contribution in [2.45, 2.75) is 25.8 Å². The molecule has 0 aliphatic rings. The average molecular weight is 267 g/mol. The summed E-state index contributed by atoms with van der Waals surface area (Å²) in [6, 6.07) is 7.18. The lowest BCUT2D eigenvalue weighted by molar-refractivity contribution is 0.574. The van der Waals surface area contributed by atoms with Crippen LogP contribution in [0.15, 0.2) is 30.3 Å². The maximum Gasteiger partial charge on any atom is 0.126 e. The fourth-order valence-corrected chi connectivity index (χ4v) is 2.78. The molecule has 0 fully saturated rings. The van der Waals surface area contributed by atoms with Gasteiger partial charge in [0.15, 0.2) is 0 Å². The summed E-state index contributed by atoms with van der Waals surface area (Å²) in [6.07, 6.45) is 1.28. The molecule has 1 aromatic heterocycles. The standard InChI is InChI=1S/C14H15F2NS/c1-2-11-4-6-14(18-11)13(17)8-9-7-10(15)3-5-12(9)16/h3-7,13H,2,8,17H2,1H3. The Bertz CT molecular complexity index is 536. The van der Waals surface area contributed by atoms with E-state index < -0.39 is 11.6 Å². The minimum Gasteiger partial charge on any atom is -0.323 e. The number of thiophene rings is 1. The van der Waals surface area contributed by atoms with Crippen LogP contribution in [-0.2, 0) is 12.8 Å². The predicted octanol–water partition coefficient (Wildman–Crippen LogP) is 3.83. The largest absolute Gasteiger partial charge is 0.323 e. The number of hydrogen-bond donors (Lipinski definition) is 1. The Hall–Kier alpha value is -1.26. The number of halogens is 2. The number of rotatable bonds is 4. The second kappa shape index (κ2) is 5.59. The molecule has 96 valence electrons. The molecular formula is C14H15F2NS. The fraction of sp³-hybridized carbons (Fsp3) is 0.286. The Balaban J connectivity index is 2.15. The highest BCUT2D eigenvalue weighted by Gasteiger charge is 2.13. The molecule has 0 spiro atoms. The molecule has 1 unspecified atom stereocenters. The van der Waals surface area contributed by atoms with Gasteiger partial charge in [-0.2, -0.15) is 0 Å². The Morgan fingerprint density at radius 3 is 2.67 bits per heavy atom. The van der Waals surface area contributed by atoms with Gasteiger partial charge in [0.05, 0.1) is 0 Å². The van der Waals surface area contributed by atoms with Gasteiger partial charge in [-0.3, -0.25) is 0 Å². The van der Waals surface area contributed by atoms with Gasteiger partial charge in [-0.15, -0.1) is 11.3 Å². The number of benzene rings is 1. The van der Waals surface area contributed by atoms with Gasteiger partial charge >= 0.3 is 0 Å². The van der Waals surface area contributed by atoms with Crippen LogP contribution >= 0.6 is 11.3 Å². The molecule has 4 heteroatoms. The molecule has 0 aliphatic heterocycles. The second-order valence-corrected chi connectivity index (χ2v) is 5.40. The van der Waals surface area contributed by atoms with E-state index in [-0.39, 0.29) is 6.04 Å². The molecule has 2 N–H and O–H groups in total. The first-order chi connectivity index (χ1) is 8.60. The van der Waals surface area contributed by atoms with Gasteiger partial charge < -0.3 is 5.73 Å². The zero-order valence-electron chi connectivity index (χ0n) is 10.1. The topological polar surface area (TPSA) is 26.0 Å². The molecule has 1 atom stereocenters. The summed E-state index contributed by atoms with van der Waals surface area (Å²) in [6.45, 7) is 2.08. The molecule has 1 heterocycles. The van der Waals surface area contributed by atoms with Crippen LogP contribution in [0, 0.1) is 11.6 Å². The normalized spacial score (nSPS) is 12.7. The van der Waals surface area contributed by atoms with Crippen molar-refractivity contribution in [2.75, 3.05) is 0 Å². The van der Waals surface area contributed by atoms with Gasteiger partial charge in [0.25, 0.3) is 0 Å². The van der Waals surface area contributed by atoms with Gasteiger partial charge in [0.1, 0.15) is 11.6 Å². The van der Waals surface area contributed by atoms with Crippen molar-refractivity contribution in [2.24, 2.45) is 5.73 Å². The summed E-state index contributed by atoms with van der Waals surface area (Å²) in [5.41, 5.74) is 6.36. The van der Waals surface area contributed by atoms with Gasteiger partial charge in [0.2, 0.25) is 0 Å². The first-order valence-electron chi connectivity index (χ1n) is 5.88.